The number of carbonyl (C=O) groups is 1. The molecule has 2 saturated heterocycles. The molecule has 19 heavy (non-hydrogen) atoms. The Hall–Kier alpha value is -1.16. The number of amides is 1. The maximum atomic E-state index is 12.3. The number of hydrogen-bond acceptors (Lipinski definition) is 5. The maximum absolute atomic E-state index is 12.3. The van der Waals surface area contributed by atoms with Crippen LogP contribution >= 0.6 is 0 Å². The fraction of sp³-hybridized carbons (Fsp3) is 0.846. The molecule has 106 valence electrons. The number of nitrogens with zero attached hydrogens (tertiary/aromatic N) is 3. The van der Waals surface area contributed by atoms with Crippen molar-refractivity contribution in [3.8, 4) is 6.07 Å². The second kappa shape index (κ2) is 7.43. The zero-order chi connectivity index (χ0) is 13.5. The summed E-state index contributed by atoms with van der Waals surface area (Å²) in [6.07, 6.45) is 1.21. The smallest absolute Gasteiger partial charge is 0.240 e. The number of rotatable bonds is 4. The van der Waals surface area contributed by atoms with Crippen molar-refractivity contribution in [2.75, 3.05) is 52.5 Å². The van der Waals surface area contributed by atoms with Crippen LogP contribution in [0.3, 0.4) is 0 Å². The van der Waals surface area contributed by atoms with E-state index in [1.54, 1.807) is 0 Å². The molecule has 1 atom stereocenters. The van der Waals surface area contributed by atoms with Crippen LogP contribution in [0.15, 0.2) is 0 Å². The van der Waals surface area contributed by atoms with Crippen LogP contribution in [-0.2, 0) is 9.53 Å². The summed E-state index contributed by atoms with van der Waals surface area (Å²) in [5.74, 6) is 0.0762. The fourth-order valence-corrected chi connectivity index (χ4v) is 2.52. The van der Waals surface area contributed by atoms with Crippen LogP contribution in [0.25, 0.3) is 0 Å². The summed E-state index contributed by atoms with van der Waals surface area (Å²) in [7, 11) is 0. The van der Waals surface area contributed by atoms with Gasteiger partial charge in [0.2, 0.25) is 5.91 Å². The number of nitriles is 1. The van der Waals surface area contributed by atoms with Gasteiger partial charge in [-0.15, -0.1) is 0 Å². The number of nitrogens with one attached hydrogen (secondary N) is 1. The summed E-state index contributed by atoms with van der Waals surface area (Å²) >= 11 is 0. The molecule has 0 spiro atoms. The van der Waals surface area contributed by atoms with Crippen molar-refractivity contribution < 1.29 is 9.53 Å². The van der Waals surface area contributed by atoms with Crippen LogP contribution in [-0.4, -0.2) is 74.2 Å². The van der Waals surface area contributed by atoms with Crippen molar-refractivity contribution in [1.29, 1.82) is 5.26 Å². The van der Waals surface area contributed by atoms with E-state index in [0.717, 1.165) is 58.9 Å². The quantitative estimate of drug-likeness (QED) is 0.737. The average Bonchev–Trinajstić information content (AvgIpc) is 2.61. The van der Waals surface area contributed by atoms with Gasteiger partial charge in [0.1, 0.15) is 0 Å². The van der Waals surface area contributed by atoms with Crippen molar-refractivity contribution in [3.05, 3.63) is 0 Å². The monoisotopic (exact) mass is 266 g/mol. The SMILES string of the molecule is N#CCC1NCCCN(CCN2CCOCC2)C1=O. The molecule has 2 aliphatic rings. The molecule has 0 bridgehead atoms. The Balaban J connectivity index is 1.83. The lowest BCUT2D eigenvalue weighted by atomic mass is 10.2. The van der Waals surface area contributed by atoms with E-state index in [2.05, 4.69) is 16.3 Å². The standard InChI is InChI=1S/C13H22N4O2/c14-3-2-12-13(18)17(5-1-4-15-12)7-6-16-8-10-19-11-9-16/h12,15H,1-2,4-11H2. The second-order valence-corrected chi connectivity index (χ2v) is 5.00. The molecule has 2 fully saturated rings. The lowest BCUT2D eigenvalue weighted by Gasteiger charge is -2.30. The van der Waals surface area contributed by atoms with Crippen molar-refractivity contribution in [3.63, 3.8) is 0 Å². The highest BCUT2D eigenvalue weighted by Crippen LogP contribution is 2.06. The third-order valence-electron chi connectivity index (χ3n) is 3.69. The van der Waals surface area contributed by atoms with Gasteiger partial charge in [-0.3, -0.25) is 9.69 Å². The molecule has 0 radical (unpaired) electrons. The molecule has 2 aliphatic heterocycles. The van der Waals surface area contributed by atoms with Crippen molar-refractivity contribution >= 4 is 5.91 Å². The van der Waals surface area contributed by atoms with Gasteiger partial charge in [0, 0.05) is 32.7 Å². The predicted octanol–water partition coefficient (Wildman–Crippen LogP) is -0.577. The summed E-state index contributed by atoms with van der Waals surface area (Å²) in [6.45, 7) is 6.71. The van der Waals surface area contributed by atoms with E-state index in [-0.39, 0.29) is 18.4 Å². The molecule has 0 aliphatic carbocycles. The topological polar surface area (TPSA) is 68.6 Å². The molecule has 0 aromatic carbocycles. The normalized spacial score (nSPS) is 25.9. The first kappa shape index (κ1) is 14.3. The van der Waals surface area contributed by atoms with Gasteiger partial charge in [0.25, 0.3) is 0 Å². The van der Waals surface area contributed by atoms with E-state index >= 15 is 0 Å². The summed E-state index contributed by atoms with van der Waals surface area (Å²) in [4.78, 5) is 16.5. The molecule has 0 saturated carbocycles. The van der Waals surface area contributed by atoms with Gasteiger partial charge < -0.3 is 15.0 Å². The van der Waals surface area contributed by atoms with Gasteiger partial charge in [-0.2, -0.15) is 5.26 Å². The van der Waals surface area contributed by atoms with Crippen LogP contribution in [0.4, 0.5) is 0 Å². The molecule has 1 amide bonds. The van der Waals surface area contributed by atoms with Crippen molar-refractivity contribution in [1.82, 2.24) is 15.1 Å². The van der Waals surface area contributed by atoms with E-state index in [1.807, 2.05) is 4.90 Å². The van der Waals surface area contributed by atoms with Crippen LogP contribution in [0.5, 0.6) is 0 Å². The molecule has 2 rings (SSSR count). The van der Waals surface area contributed by atoms with Gasteiger partial charge in [-0.05, 0) is 13.0 Å². The molecule has 0 aromatic rings. The molecule has 1 unspecified atom stereocenters. The van der Waals surface area contributed by atoms with E-state index in [9.17, 15) is 4.79 Å². The minimum Gasteiger partial charge on any atom is -0.379 e. The average molecular weight is 266 g/mol. The van der Waals surface area contributed by atoms with Gasteiger partial charge in [0.15, 0.2) is 0 Å². The Morgan fingerprint density at radius 2 is 2.11 bits per heavy atom. The summed E-state index contributed by atoms with van der Waals surface area (Å²) in [5, 5.41) is 11.9. The highest BCUT2D eigenvalue weighted by atomic mass is 16.5. The third-order valence-corrected chi connectivity index (χ3v) is 3.69. The largest absolute Gasteiger partial charge is 0.379 e. The highest BCUT2D eigenvalue weighted by Gasteiger charge is 2.26. The fourth-order valence-electron chi connectivity index (χ4n) is 2.52. The number of morpholine rings is 1. The van der Waals surface area contributed by atoms with Crippen LogP contribution < -0.4 is 5.32 Å². The van der Waals surface area contributed by atoms with Gasteiger partial charge in [-0.1, -0.05) is 0 Å². The Morgan fingerprint density at radius 3 is 2.84 bits per heavy atom. The Bertz CT molecular complexity index is 336. The molecular weight excluding hydrogens is 244 g/mol. The summed E-state index contributed by atoms with van der Waals surface area (Å²) in [5.41, 5.74) is 0. The van der Waals surface area contributed by atoms with E-state index in [4.69, 9.17) is 10.00 Å². The van der Waals surface area contributed by atoms with E-state index < -0.39 is 0 Å². The maximum Gasteiger partial charge on any atom is 0.240 e. The Labute approximate surface area is 114 Å². The zero-order valence-corrected chi connectivity index (χ0v) is 11.3. The van der Waals surface area contributed by atoms with Crippen LogP contribution in [0.2, 0.25) is 0 Å². The van der Waals surface area contributed by atoms with Gasteiger partial charge in [-0.25, -0.2) is 0 Å². The van der Waals surface area contributed by atoms with Gasteiger partial charge >= 0.3 is 0 Å². The third kappa shape index (κ3) is 4.16. The molecular formula is C13H22N4O2. The first-order chi connectivity index (χ1) is 9.31. The molecule has 6 heteroatoms. The number of carbonyl (C=O) groups excluding carboxylic acids is 1. The minimum absolute atomic E-state index is 0.0762. The van der Waals surface area contributed by atoms with Crippen LogP contribution in [0, 0.1) is 11.3 Å². The Kier molecular flexibility index (Phi) is 5.58. The molecule has 1 N–H and O–H groups in total. The molecule has 6 nitrogen and oxygen atoms in total. The predicted molar refractivity (Wildman–Crippen MR) is 70.5 cm³/mol. The van der Waals surface area contributed by atoms with Gasteiger partial charge in [0.05, 0.1) is 31.7 Å². The summed E-state index contributed by atoms with van der Waals surface area (Å²) in [6, 6.07) is 1.76. The second-order valence-electron chi connectivity index (χ2n) is 5.00. The van der Waals surface area contributed by atoms with E-state index in [0.29, 0.717) is 0 Å². The first-order valence-corrected chi connectivity index (χ1v) is 7.00. The summed E-state index contributed by atoms with van der Waals surface area (Å²) < 4.78 is 5.31. The van der Waals surface area contributed by atoms with Crippen molar-refractivity contribution in [2.45, 2.75) is 18.9 Å². The van der Waals surface area contributed by atoms with E-state index in [1.165, 1.54) is 0 Å². The first-order valence-electron chi connectivity index (χ1n) is 7.00. The molecule has 2 heterocycles. The van der Waals surface area contributed by atoms with Crippen LogP contribution in [0.1, 0.15) is 12.8 Å². The minimum atomic E-state index is -0.322. The lowest BCUT2D eigenvalue weighted by Crippen LogP contribution is -2.47. The highest BCUT2D eigenvalue weighted by molar-refractivity contribution is 5.82. The zero-order valence-electron chi connectivity index (χ0n) is 11.3. The number of ether oxygens (including phenoxy) is 1. The lowest BCUT2D eigenvalue weighted by molar-refractivity contribution is -0.132. The number of hydrogen-bond donors (Lipinski definition) is 1. The Morgan fingerprint density at radius 1 is 1.32 bits per heavy atom. The molecule has 0 aromatic heterocycles. The van der Waals surface area contributed by atoms with Crippen molar-refractivity contribution in [2.24, 2.45) is 0 Å².